The predicted octanol–water partition coefficient (Wildman–Crippen LogP) is 2.39. The Kier molecular flexibility index (Phi) is 6.30. The van der Waals surface area contributed by atoms with Crippen LogP contribution in [0.25, 0.3) is 0 Å². The highest BCUT2D eigenvalue weighted by molar-refractivity contribution is 5.86. The Morgan fingerprint density at radius 3 is 2.75 bits per heavy atom. The van der Waals surface area contributed by atoms with Gasteiger partial charge in [0, 0.05) is 6.54 Å². The SMILES string of the molecule is CCOc1cccc(CNC(=O)C2(N)CCCC2)c1.Cl. The van der Waals surface area contributed by atoms with E-state index in [1.54, 1.807) is 0 Å². The lowest BCUT2D eigenvalue weighted by Crippen LogP contribution is -2.51. The summed E-state index contributed by atoms with van der Waals surface area (Å²) in [6.07, 6.45) is 3.67. The zero-order chi connectivity index (χ0) is 13.7. The molecule has 1 aromatic rings. The van der Waals surface area contributed by atoms with Crippen LogP contribution in [0.1, 0.15) is 38.2 Å². The second-order valence-electron chi connectivity index (χ2n) is 5.13. The van der Waals surface area contributed by atoms with Crippen LogP contribution in [-0.2, 0) is 11.3 Å². The summed E-state index contributed by atoms with van der Waals surface area (Å²) in [4.78, 5) is 12.1. The Morgan fingerprint density at radius 1 is 1.40 bits per heavy atom. The minimum Gasteiger partial charge on any atom is -0.494 e. The molecule has 20 heavy (non-hydrogen) atoms. The zero-order valence-corrected chi connectivity index (χ0v) is 12.7. The van der Waals surface area contributed by atoms with Gasteiger partial charge in [0.25, 0.3) is 0 Å². The minimum absolute atomic E-state index is 0. The van der Waals surface area contributed by atoms with Gasteiger partial charge in [0.2, 0.25) is 5.91 Å². The first-order valence-electron chi connectivity index (χ1n) is 6.93. The van der Waals surface area contributed by atoms with Crippen LogP contribution in [0.15, 0.2) is 24.3 Å². The van der Waals surface area contributed by atoms with Crippen molar-refractivity contribution in [1.29, 1.82) is 0 Å². The Bertz CT molecular complexity index is 445. The highest BCUT2D eigenvalue weighted by Crippen LogP contribution is 2.27. The first-order chi connectivity index (χ1) is 9.14. The Hall–Kier alpha value is -1.26. The summed E-state index contributed by atoms with van der Waals surface area (Å²) in [5.74, 6) is 0.796. The summed E-state index contributed by atoms with van der Waals surface area (Å²) in [5.41, 5.74) is 6.48. The topological polar surface area (TPSA) is 64.3 Å². The van der Waals surface area contributed by atoms with E-state index in [9.17, 15) is 4.79 Å². The van der Waals surface area contributed by atoms with Gasteiger partial charge in [0.1, 0.15) is 5.75 Å². The van der Waals surface area contributed by atoms with Gasteiger partial charge in [0.15, 0.2) is 0 Å². The molecule has 4 nitrogen and oxygen atoms in total. The number of ether oxygens (including phenoxy) is 1. The van der Waals surface area contributed by atoms with Crippen LogP contribution in [0.4, 0.5) is 0 Å². The average molecular weight is 299 g/mol. The predicted molar refractivity (Wildman–Crippen MR) is 82.1 cm³/mol. The van der Waals surface area contributed by atoms with Gasteiger partial charge in [-0.25, -0.2) is 0 Å². The molecule has 5 heteroatoms. The number of halogens is 1. The van der Waals surface area contributed by atoms with E-state index in [1.807, 2.05) is 31.2 Å². The number of carbonyl (C=O) groups is 1. The molecular formula is C15H23ClN2O2. The third kappa shape index (κ3) is 4.12. The van der Waals surface area contributed by atoms with Crippen molar-refractivity contribution in [1.82, 2.24) is 5.32 Å². The van der Waals surface area contributed by atoms with Gasteiger partial charge in [-0.15, -0.1) is 12.4 Å². The number of hydrogen-bond acceptors (Lipinski definition) is 3. The monoisotopic (exact) mass is 298 g/mol. The van der Waals surface area contributed by atoms with Gasteiger partial charge in [-0.2, -0.15) is 0 Å². The molecule has 1 fully saturated rings. The number of carbonyl (C=O) groups excluding carboxylic acids is 1. The summed E-state index contributed by atoms with van der Waals surface area (Å²) in [7, 11) is 0. The first-order valence-corrected chi connectivity index (χ1v) is 6.93. The molecule has 1 aliphatic carbocycles. The molecule has 1 aromatic carbocycles. The average Bonchev–Trinajstić information content (AvgIpc) is 2.85. The molecule has 112 valence electrons. The van der Waals surface area contributed by atoms with Gasteiger partial charge in [-0.3, -0.25) is 4.79 Å². The standard InChI is InChI=1S/C15H22N2O2.ClH/c1-2-19-13-7-5-6-12(10-13)11-17-14(18)15(16)8-3-4-9-15;/h5-7,10H,2-4,8-9,11,16H2,1H3,(H,17,18);1H. The molecule has 0 unspecified atom stereocenters. The van der Waals surface area contributed by atoms with Gasteiger partial charge in [-0.1, -0.05) is 25.0 Å². The largest absolute Gasteiger partial charge is 0.494 e. The summed E-state index contributed by atoms with van der Waals surface area (Å²) in [6, 6.07) is 7.76. The molecule has 1 saturated carbocycles. The number of hydrogen-bond donors (Lipinski definition) is 2. The van der Waals surface area contributed by atoms with E-state index in [1.165, 1.54) is 0 Å². The van der Waals surface area contributed by atoms with E-state index >= 15 is 0 Å². The lowest BCUT2D eigenvalue weighted by Gasteiger charge is -2.22. The van der Waals surface area contributed by atoms with E-state index in [4.69, 9.17) is 10.5 Å². The fraction of sp³-hybridized carbons (Fsp3) is 0.533. The molecule has 2 rings (SSSR count). The molecule has 0 heterocycles. The lowest BCUT2D eigenvalue weighted by molar-refractivity contribution is -0.126. The highest BCUT2D eigenvalue weighted by Gasteiger charge is 2.36. The molecule has 0 aromatic heterocycles. The second kappa shape index (κ2) is 7.50. The Balaban J connectivity index is 0.00000200. The van der Waals surface area contributed by atoms with E-state index in [-0.39, 0.29) is 18.3 Å². The van der Waals surface area contributed by atoms with E-state index in [0.717, 1.165) is 37.0 Å². The van der Waals surface area contributed by atoms with Crippen LogP contribution in [0.5, 0.6) is 5.75 Å². The van der Waals surface area contributed by atoms with Crippen molar-refractivity contribution in [3.8, 4) is 5.75 Å². The number of amides is 1. The fourth-order valence-corrected chi connectivity index (χ4v) is 2.50. The van der Waals surface area contributed by atoms with Crippen LogP contribution < -0.4 is 15.8 Å². The van der Waals surface area contributed by atoms with Crippen molar-refractivity contribution >= 4 is 18.3 Å². The minimum atomic E-state index is -0.655. The molecule has 0 bridgehead atoms. The third-order valence-electron chi connectivity index (χ3n) is 3.61. The van der Waals surface area contributed by atoms with Gasteiger partial charge < -0.3 is 15.8 Å². The maximum absolute atomic E-state index is 12.1. The van der Waals surface area contributed by atoms with E-state index in [2.05, 4.69) is 5.32 Å². The Labute approximate surface area is 126 Å². The molecule has 0 aliphatic heterocycles. The van der Waals surface area contributed by atoms with Crippen LogP contribution in [0, 0.1) is 0 Å². The molecule has 3 N–H and O–H groups in total. The van der Waals surface area contributed by atoms with Crippen LogP contribution >= 0.6 is 12.4 Å². The van der Waals surface area contributed by atoms with Crippen molar-refractivity contribution in [3.05, 3.63) is 29.8 Å². The van der Waals surface area contributed by atoms with E-state index in [0.29, 0.717) is 13.2 Å². The second-order valence-corrected chi connectivity index (χ2v) is 5.13. The fourth-order valence-electron chi connectivity index (χ4n) is 2.50. The summed E-state index contributed by atoms with van der Waals surface area (Å²) in [5, 5.41) is 2.93. The van der Waals surface area contributed by atoms with Crippen molar-refractivity contribution < 1.29 is 9.53 Å². The van der Waals surface area contributed by atoms with Crippen LogP contribution in [0.3, 0.4) is 0 Å². The molecule has 0 atom stereocenters. The number of benzene rings is 1. The molecule has 1 aliphatic rings. The molecule has 1 amide bonds. The summed E-state index contributed by atoms with van der Waals surface area (Å²) in [6.45, 7) is 3.09. The number of nitrogens with two attached hydrogens (primary N) is 1. The molecule has 0 saturated heterocycles. The van der Waals surface area contributed by atoms with Crippen molar-refractivity contribution in [2.75, 3.05) is 6.61 Å². The molecule has 0 radical (unpaired) electrons. The van der Waals surface area contributed by atoms with Crippen LogP contribution in [0.2, 0.25) is 0 Å². The third-order valence-corrected chi connectivity index (χ3v) is 3.61. The number of nitrogens with one attached hydrogen (secondary N) is 1. The van der Waals surface area contributed by atoms with Crippen molar-refractivity contribution in [2.45, 2.75) is 44.7 Å². The summed E-state index contributed by atoms with van der Waals surface area (Å²) < 4.78 is 5.44. The van der Waals surface area contributed by atoms with Gasteiger partial charge in [0.05, 0.1) is 12.1 Å². The maximum atomic E-state index is 12.1. The highest BCUT2D eigenvalue weighted by atomic mass is 35.5. The van der Waals surface area contributed by atoms with E-state index < -0.39 is 5.54 Å². The quantitative estimate of drug-likeness (QED) is 0.877. The summed E-state index contributed by atoms with van der Waals surface area (Å²) >= 11 is 0. The maximum Gasteiger partial charge on any atom is 0.240 e. The Morgan fingerprint density at radius 2 is 2.10 bits per heavy atom. The first kappa shape index (κ1) is 16.8. The van der Waals surface area contributed by atoms with Crippen molar-refractivity contribution in [3.63, 3.8) is 0 Å². The zero-order valence-electron chi connectivity index (χ0n) is 11.9. The smallest absolute Gasteiger partial charge is 0.240 e. The normalized spacial score (nSPS) is 16.3. The lowest BCUT2D eigenvalue weighted by atomic mass is 9.98. The molecule has 0 spiro atoms. The van der Waals surface area contributed by atoms with Gasteiger partial charge >= 0.3 is 0 Å². The van der Waals surface area contributed by atoms with Crippen LogP contribution in [-0.4, -0.2) is 18.1 Å². The van der Waals surface area contributed by atoms with Crippen molar-refractivity contribution in [2.24, 2.45) is 5.73 Å². The molecular weight excluding hydrogens is 276 g/mol. The number of rotatable bonds is 5. The van der Waals surface area contributed by atoms with Gasteiger partial charge in [-0.05, 0) is 37.5 Å².